The number of hydrogen-bond donors (Lipinski definition) is 0. The largest absolute Gasteiger partial charge is 0.260 e. The van der Waals surface area contributed by atoms with E-state index in [1.54, 1.807) is 0 Å². The zero-order chi connectivity index (χ0) is 7.28. The first-order chi connectivity index (χ1) is 4.20. The Balaban J connectivity index is 3.34. The number of rotatable bonds is 4. The van der Waals surface area contributed by atoms with Crippen molar-refractivity contribution < 1.29 is 4.21 Å². The van der Waals surface area contributed by atoms with Crippen LogP contribution in [0.4, 0.5) is 0 Å². The van der Waals surface area contributed by atoms with Crippen molar-refractivity contribution in [2.45, 2.75) is 27.2 Å². The van der Waals surface area contributed by atoms with Crippen LogP contribution in [0.25, 0.3) is 0 Å². The Morgan fingerprint density at radius 3 is 2.33 bits per heavy atom. The van der Waals surface area contributed by atoms with E-state index in [1.807, 2.05) is 6.92 Å². The van der Waals surface area contributed by atoms with Crippen LogP contribution in [-0.4, -0.2) is 15.7 Å². The van der Waals surface area contributed by atoms with Crippen LogP contribution in [0, 0.1) is 5.92 Å². The molecule has 0 aromatic rings. The summed E-state index contributed by atoms with van der Waals surface area (Å²) in [5.74, 6) is 2.32. The van der Waals surface area contributed by atoms with E-state index in [4.69, 9.17) is 0 Å². The Hall–Kier alpha value is 0.150. The van der Waals surface area contributed by atoms with E-state index in [1.165, 1.54) is 0 Å². The van der Waals surface area contributed by atoms with Gasteiger partial charge in [0, 0.05) is 22.3 Å². The molecule has 0 aliphatic rings. The van der Waals surface area contributed by atoms with E-state index in [0.29, 0.717) is 5.92 Å². The maximum atomic E-state index is 10.9. The van der Waals surface area contributed by atoms with E-state index < -0.39 is 10.8 Å². The van der Waals surface area contributed by atoms with Crippen molar-refractivity contribution in [3.63, 3.8) is 0 Å². The summed E-state index contributed by atoms with van der Waals surface area (Å²) < 4.78 is 10.9. The summed E-state index contributed by atoms with van der Waals surface area (Å²) in [6.45, 7) is 6.25. The standard InChI is InChI=1S/C7H16OS/c1-4-7(3)6-9(8)5-2/h7H,4-6H2,1-3H3. The first-order valence-electron chi connectivity index (χ1n) is 3.55. The topological polar surface area (TPSA) is 17.1 Å². The van der Waals surface area contributed by atoms with Crippen LogP contribution in [0.1, 0.15) is 27.2 Å². The van der Waals surface area contributed by atoms with Gasteiger partial charge in [-0.05, 0) is 5.92 Å². The summed E-state index contributed by atoms with van der Waals surface area (Å²) in [4.78, 5) is 0. The summed E-state index contributed by atoms with van der Waals surface area (Å²) in [5.41, 5.74) is 0. The fourth-order valence-corrected chi connectivity index (χ4v) is 1.66. The average molecular weight is 148 g/mol. The van der Waals surface area contributed by atoms with Crippen LogP contribution in [0.3, 0.4) is 0 Å². The fraction of sp³-hybridized carbons (Fsp3) is 1.00. The molecule has 0 rings (SSSR count). The molecule has 9 heavy (non-hydrogen) atoms. The highest BCUT2D eigenvalue weighted by Gasteiger charge is 2.01. The van der Waals surface area contributed by atoms with Crippen LogP contribution in [-0.2, 0) is 10.8 Å². The van der Waals surface area contributed by atoms with Gasteiger partial charge in [-0.25, -0.2) is 0 Å². The van der Waals surface area contributed by atoms with Crippen molar-refractivity contribution in [1.82, 2.24) is 0 Å². The monoisotopic (exact) mass is 148 g/mol. The quantitative estimate of drug-likeness (QED) is 0.594. The minimum atomic E-state index is -0.557. The molecule has 0 N–H and O–H groups in total. The van der Waals surface area contributed by atoms with Gasteiger partial charge >= 0.3 is 0 Å². The molecular formula is C7H16OS. The molecule has 0 aliphatic carbocycles. The summed E-state index contributed by atoms with van der Waals surface area (Å²) in [6.07, 6.45) is 1.14. The van der Waals surface area contributed by atoms with Crippen LogP contribution >= 0.6 is 0 Å². The summed E-state index contributed by atoms with van der Waals surface area (Å²) in [7, 11) is -0.557. The Morgan fingerprint density at radius 2 is 2.00 bits per heavy atom. The first kappa shape index (κ1) is 9.15. The van der Waals surface area contributed by atoms with Gasteiger partial charge in [-0.3, -0.25) is 4.21 Å². The molecule has 0 bridgehead atoms. The van der Waals surface area contributed by atoms with Gasteiger partial charge < -0.3 is 0 Å². The molecule has 0 aromatic carbocycles. The second-order valence-corrected chi connectivity index (χ2v) is 4.20. The lowest BCUT2D eigenvalue weighted by molar-refractivity contribution is 0.616. The molecule has 0 heterocycles. The van der Waals surface area contributed by atoms with Crippen molar-refractivity contribution >= 4 is 10.8 Å². The van der Waals surface area contributed by atoms with Crippen LogP contribution in [0.15, 0.2) is 0 Å². The maximum absolute atomic E-state index is 10.9. The van der Waals surface area contributed by atoms with Crippen molar-refractivity contribution in [2.24, 2.45) is 5.92 Å². The second kappa shape index (κ2) is 4.98. The van der Waals surface area contributed by atoms with E-state index in [0.717, 1.165) is 17.9 Å². The third-order valence-corrected chi connectivity index (χ3v) is 3.07. The molecule has 2 atom stereocenters. The molecular weight excluding hydrogens is 132 g/mol. The summed E-state index contributed by atoms with van der Waals surface area (Å²) in [5, 5.41) is 0. The van der Waals surface area contributed by atoms with E-state index in [9.17, 15) is 4.21 Å². The molecule has 0 aliphatic heterocycles. The SMILES string of the molecule is CCC(C)CS(=O)CC. The lowest BCUT2D eigenvalue weighted by atomic mass is 10.2. The van der Waals surface area contributed by atoms with Crippen LogP contribution in [0.5, 0.6) is 0 Å². The van der Waals surface area contributed by atoms with Gasteiger partial charge in [-0.2, -0.15) is 0 Å². The molecule has 0 fully saturated rings. The van der Waals surface area contributed by atoms with Gasteiger partial charge in [0.05, 0.1) is 0 Å². The number of hydrogen-bond acceptors (Lipinski definition) is 1. The van der Waals surface area contributed by atoms with Gasteiger partial charge in [-0.1, -0.05) is 27.2 Å². The second-order valence-electron chi connectivity index (χ2n) is 2.41. The Kier molecular flexibility index (Phi) is 5.06. The molecule has 2 heteroatoms. The van der Waals surface area contributed by atoms with E-state index in [2.05, 4.69) is 13.8 Å². The Labute approximate surface area is 60.3 Å². The molecule has 2 unspecified atom stereocenters. The summed E-state index contributed by atoms with van der Waals surface area (Å²) >= 11 is 0. The highest BCUT2D eigenvalue weighted by atomic mass is 32.2. The highest BCUT2D eigenvalue weighted by Crippen LogP contribution is 2.01. The van der Waals surface area contributed by atoms with Gasteiger partial charge in [0.1, 0.15) is 0 Å². The first-order valence-corrected chi connectivity index (χ1v) is 5.04. The fourth-order valence-electron chi connectivity index (χ4n) is 0.553. The average Bonchev–Trinajstić information content (AvgIpc) is 1.87. The normalized spacial score (nSPS) is 17.2. The Morgan fingerprint density at radius 1 is 1.44 bits per heavy atom. The van der Waals surface area contributed by atoms with Crippen molar-refractivity contribution in [1.29, 1.82) is 0 Å². The molecule has 0 saturated carbocycles. The molecule has 0 spiro atoms. The van der Waals surface area contributed by atoms with E-state index in [-0.39, 0.29) is 0 Å². The summed E-state index contributed by atoms with van der Waals surface area (Å²) in [6, 6.07) is 0. The zero-order valence-electron chi connectivity index (χ0n) is 6.52. The Bertz CT molecular complexity index is 90.9. The zero-order valence-corrected chi connectivity index (χ0v) is 7.33. The van der Waals surface area contributed by atoms with Crippen LogP contribution in [0.2, 0.25) is 0 Å². The van der Waals surface area contributed by atoms with Crippen molar-refractivity contribution in [3.8, 4) is 0 Å². The predicted molar refractivity (Wildman–Crippen MR) is 43.0 cm³/mol. The highest BCUT2D eigenvalue weighted by molar-refractivity contribution is 7.84. The maximum Gasteiger partial charge on any atom is 0.0260 e. The minimum Gasteiger partial charge on any atom is -0.260 e. The van der Waals surface area contributed by atoms with Crippen molar-refractivity contribution in [2.75, 3.05) is 11.5 Å². The molecule has 0 amide bonds. The van der Waals surface area contributed by atoms with Crippen LogP contribution < -0.4 is 0 Å². The third kappa shape index (κ3) is 4.64. The third-order valence-electron chi connectivity index (χ3n) is 1.49. The molecule has 1 nitrogen and oxygen atoms in total. The molecule has 56 valence electrons. The lowest BCUT2D eigenvalue weighted by Gasteiger charge is -2.04. The minimum absolute atomic E-state index is 0.557. The smallest absolute Gasteiger partial charge is 0.0260 e. The van der Waals surface area contributed by atoms with Gasteiger partial charge in [0.15, 0.2) is 0 Å². The van der Waals surface area contributed by atoms with Crippen molar-refractivity contribution in [3.05, 3.63) is 0 Å². The van der Waals surface area contributed by atoms with Gasteiger partial charge in [-0.15, -0.1) is 0 Å². The molecule has 0 radical (unpaired) electrons. The van der Waals surface area contributed by atoms with E-state index >= 15 is 0 Å². The van der Waals surface area contributed by atoms with Gasteiger partial charge in [0.25, 0.3) is 0 Å². The predicted octanol–water partition coefficient (Wildman–Crippen LogP) is 1.80. The van der Waals surface area contributed by atoms with Gasteiger partial charge in [0.2, 0.25) is 0 Å². The lowest BCUT2D eigenvalue weighted by Crippen LogP contribution is -2.07. The molecule has 0 aromatic heterocycles. The molecule has 0 saturated heterocycles.